The zero-order valence-corrected chi connectivity index (χ0v) is 11.7. The van der Waals surface area contributed by atoms with Gasteiger partial charge in [-0.05, 0) is 18.5 Å². The summed E-state index contributed by atoms with van der Waals surface area (Å²) in [5.41, 5.74) is 0. The molecular weight excluding hydrogens is 234 g/mol. The lowest BCUT2D eigenvalue weighted by Crippen LogP contribution is -2.28. The highest BCUT2D eigenvalue weighted by Crippen LogP contribution is 1.99. The van der Waals surface area contributed by atoms with E-state index in [1.807, 2.05) is 35.5 Å². The second kappa shape index (κ2) is 11.1. The first-order chi connectivity index (χ1) is 7.78. The summed E-state index contributed by atoms with van der Waals surface area (Å²) in [6.45, 7) is 7.48. The van der Waals surface area contributed by atoms with Gasteiger partial charge in [-0.2, -0.15) is 0 Å². The standard InChI is InChI=1S/C10H20B2N2S2/c1-3-9(7-15-11)14-6-5-10(8-16-12)13-4-2/h3-6,9-10,13-14H,1-2,7-8,11-12H2. The van der Waals surface area contributed by atoms with Crippen LogP contribution in [0.25, 0.3) is 0 Å². The van der Waals surface area contributed by atoms with Crippen molar-refractivity contribution >= 4 is 37.5 Å². The Morgan fingerprint density at radius 2 is 1.69 bits per heavy atom. The van der Waals surface area contributed by atoms with Gasteiger partial charge in [-0.1, -0.05) is 12.7 Å². The van der Waals surface area contributed by atoms with E-state index in [9.17, 15) is 0 Å². The quantitative estimate of drug-likeness (QED) is 0.433. The molecule has 0 aliphatic heterocycles. The number of hydrogen-bond acceptors (Lipinski definition) is 4. The first-order valence-corrected chi connectivity index (χ1v) is 7.97. The van der Waals surface area contributed by atoms with E-state index < -0.39 is 0 Å². The molecule has 0 aliphatic rings. The topological polar surface area (TPSA) is 24.1 Å². The lowest BCUT2D eigenvalue weighted by Gasteiger charge is -2.14. The summed E-state index contributed by atoms with van der Waals surface area (Å²) in [6.07, 6.45) is 7.79. The molecule has 0 aromatic carbocycles. The van der Waals surface area contributed by atoms with E-state index in [4.69, 9.17) is 0 Å². The first kappa shape index (κ1) is 15.6. The van der Waals surface area contributed by atoms with E-state index in [1.165, 1.54) is 0 Å². The maximum atomic E-state index is 3.80. The fourth-order valence-corrected chi connectivity index (χ4v) is 2.31. The maximum absolute atomic E-state index is 3.80. The molecule has 16 heavy (non-hydrogen) atoms. The summed E-state index contributed by atoms with van der Waals surface area (Å²) in [7, 11) is 4.19. The average Bonchev–Trinajstić information content (AvgIpc) is 2.28. The molecule has 0 aromatic rings. The predicted octanol–water partition coefficient (Wildman–Crippen LogP) is 0.309. The molecule has 0 heterocycles. The summed E-state index contributed by atoms with van der Waals surface area (Å²) in [4.78, 5) is 0. The SMILES string of the molecule is BSCC(C=C)NC=CC(CSB)NC=C. The van der Waals surface area contributed by atoms with Crippen molar-refractivity contribution in [3.63, 3.8) is 0 Å². The molecular formula is C10H20B2N2S2. The van der Waals surface area contributed by atoms with E-state index in [1.54, 1.807) is 6.20 Å². The van der Waals surface area contributed by atoms with Crippen molar-refractivity contribution in [3.05, 3.63) is 37.7 Å². The van der Waals surface area contributed by atoms with Gasteiger partial charge in [-0.3, -0.25) is 0 Å². The number of hydrogen-bond donors (Lipinski definition) is 2. The van der Waals surface area contributed by atoms with Gasteiger partial charge in [0.25, 0.3) is 0 Å². The highest BCUT2D eigenvalue weighted by atomic mass is 32.2. The highest BCUT2D eigenvalue weighted by Gasteiger charge is 2.01. The Hall–Kier alpha value is -0.350. The molecule has 0 amide bonds. The zero-order valence-electron chi connectivity index (χ0n) is 10.1. The van der Waals surface area contributed by atoms with E-state index >= 15 is 0 Å². The minimum Gasteiger partial charge on any atom is -0.384 e. The van der Waals surface area contributed by atoms with Crippen molar-refractivity contribution in [1.29, 1.82) is 0 Å². The molecule has 0 rings (SSSR count). The van der Waals surface area contributed by atoms with Gasteiger partial charge in [-0.15, -0.1) is 6.58 Å². The second-order valence-electron chi connectivity index (χ2n) is 3.26. The maximum Gasteiger partial charge on any atom is 0.173 e. The normalized spacial score (nSPS) is 14.2. The Balaban J connectivity index is 4.00. The van der Waals surface area contributed by atoms with Crippen LogP contribution in [0.3, 0.4) is 0 Å². The van der Waals surface area contributed by atoms with Crippen molar-refractivity contribution in [2.24, 2.45) is 0 Å². The molecule has 0 saturated heterocycles. The molecule has 0 saturated carbocycles. The molecule has 0 aromatic heterocycles. The zero-order chi connectivity index (χ0) is 12.2. The van der Waals surface area contributed by atoms with Crippen LogP contribution in [-0.4, -0.2) is 37.8 Å². The third-order valence-corrected chi connectivity index (χ3v) is 3.33. The van der Waals surface area contributed by atoms with Crippen LogP contribution in [0, 0.1) is 0 Å². The Labute approximate surface area is 109 Å². The van der Waals surface area contributed by atoms with E-state index in [-0.39, 0.29) is 0 Å². The van der Waals surface area contributed by atoms with Gasteiger partial charge < -0.3 is 10.6 Å². The number of nitrogens with one attached hydrogen (secondary N) is 2. The van der Waals surface area contributed by atoms with Crippen LogP contribution in [-0.2, 0) is 0 Å². The van der Waals surface area contributed by atoms with E-state index in [0.29, 0.717) is 12.1 Å². The van der Waals surface area contributed by atoms with E-state index in [0.717, 1.165) is 11.5 Å². The van der Waals surface area contributed by atoms with Crippen LogP contribution >= 0.6 is 23.2 Å². The molecule has 2 unspecified atom stereocenters. The van der Waals surface area contributed by atoms with Crippen LogP contribution in [0.15, 0.2) is 37.7 Å². The van der Waals surface area contributed by atoms with Crippen LogP contribution in [0.1, 0.15) is 0 Å². The lowest BCUT2D eigenvalue weighted by atomic mass is 10.3. The minimum absolute atomic E-state index is 0.333. The Morgan fingerprint density at radius 3 is 2.19 bits per heavy atom. The van der Waals surface area contributed by atoms with Gasteiger partial charge in [0, 0.05) is 11.5 Å². The summed E-state index contributed by atoms with van der Waals surface area (Å²) in [5.74, 6) is 2.07. The summed E-state index contributed by atoms with van der Waals surface area (Å²) >= 11 is 3.62. The smallest absolute Gasteiger partial charge is 0.173 e. The molecule has 2 N–H and O–H groups in total. The Morgan fingerprint density at radius 1 is 1.06 bits per heavy atom. The minimum atomic E-state index is 0.333. The Bertz CT molecular complexity index is 225. The van der Waals surface area contributed by atoms with Crippen LogP contribution in [0.4, 0.5) is 0 Å². The predicted molar refractivity (Wildman–Crippen MR) is 85.4 cm³/mol. The van der Waals surface area contributed by atoms with Crippen LogP contribution < -0.4 is 10.6 Å². The highest BCUT2D eigenvalue weighted by molar-refractivity contribution is 8.19. The van der Waals surface area contributed by atoms with Crippen LogP contribution in [0.2, 0.25) is 0 Å². The van der Waals surface area contributed by atoms with Gasteiger partial charge in [0.05, 0.1) is 12.1 Å². The Kier molecular flexibility index (Phi) is 10.9. The van der Waals surface area contributed by atoms with Crippen LogP contribution in [0.5, 0.6) is 0 Å². The van der Waals surface area contributed by atoms with Crippen molar-refractivity contribution in [1.82, 2.24) is 10.6 Å². The van der Waals surface area contributed by atoms with Gasteiger partial charge in [0.1, 0.15) is 0 Å². The molecule has 2 nitrogen and oxygen atoms in total. The van der Waals surface area contributed by atoms with Gasteiger partial charge in [0.2, 0.25) is 0 Å². The van der Waals surface area contributed by atoms with Gasteiger partial charge in [-0.25, -0.2) is 23.2 Å². The third kappa shape index (κ3) is 7.88. The molecule has 0 fully saturated rings. The van der Waals surface area contributed by atoms with Crippen molar-refractivity contribution < 1.29 is 0 Å². The lowest BCUT2D eigenvalue weighted by molar-refractivity contribution is 0.747. The van der Waals surface area contributed by atoms with Crippen molar-refractivity contribution in [2.45, 2.75) is 12.1 Å². The summed E-state index contributed by atoms with van der Waals surface area (Å²) in [5, 5.41) is 6.51. The third-order valence-electron chi connectivity index (χ3n) is 1.95. The van der Waals surface area contributed by atoms with Crippen molar-refractivity contribution in [3.8, 4) is 0 Å². The van der Waals surface area contributed by atoms with Gasteiger partial charge in [0.15, 0.2) is 14.2 Å². The fraction of sp³-hybridized carbons (Fsp3) is 0.400. The monoisotopic (exact) mass is 254 g/mol. The van der Waals surface area contributed by atoms with Gasteiger partial charge >= 0.3 is 0 Å². The molecule has 88 valence electrons. The molecule has 0 aliphatic carbocycles. The second-order valence-corrected chi connectivity index (χ2v) is 5.08. The molecule has 0 radical (unpaired) electrons. The fourth-order valence-electron chi connectivity index (χ4n) is 1.15. The first-order valence-electron chi connectivity index (χ1n) is 5.18. The summed E-state index contributed by atoms with van der Waals surface area (Å²) < 4.78 is 0. The molecule has 2 atom stereocenters. The van der Waals surface area contributed by atoms with E-state index in [2.05, 4.69) is 44.1 Å². The average molecular weight is 254 g/mol. The summed E-state index contributed by atoms with van der Waals surface area (Å²) in [6, 6.07) is 0.671. The number of rotatable bonds is 10. The molecule has 0 bridgehead atoms. The largest absolute Gasteiger partial charge is 0.384 e. The molecule has 0 spiro atoms. The van der Waals surface area contributed by atoms with Crippen molar-refractivity contribution in [2.75, 3.05) is 11.5 Å². The molecule has 6 heteroatoms.